The molecular weight excluding hydrogens is 176 g/mol. The van der Waals surface area contributed by atoms with E-state index >= 15 is 0 Å². The summed E-state index contributed by atoms with van der Waals surface area (Å²) in [5.74, 6) is 0.874. The van der Waals surface area contributed by atoms with Crippen LogP contribution in [-0.4, -0.2) is 15.8 Å². The summed E-state index contributed by atoms with van der Waals surface area (Å²) in [5, 5.41) is 0. The van der Waals surface area contributed by atoms with Crippen molar-refractivity contribution in [2.45, 2.75) is 39.0 Å². The number of hydrogen-bond acceptors (Lipinski definition) is 3. The fourth-order valence-corrected chi connectivity index (χ4v) is 1.26. The number of rotatable bonds is 6. The predicted molar refractivity (Wildman–Crippen MR) is 54.9 cm³/mol. The highest BCUT2D eigenvalue weighted by molar-refractivity contribution is 5.79. The lowest BCUT2D eigenvalue weighted by Crippen LogP contribution is -2.05. The molecule has 0 aliphatic rings. The highest BCUT2D eigenvalue weighted by atomic mass is 16.1. The summed E-state index contributed by atoms with van der Waals surface area (Å²) < 4.78 is 0. The van der Waals surface area contributed by atoms with Crippen LogP contribution in [0, 0.1) is 0 Å². The van der Waals surface area contributed by atoms with Crippen molar-refractivity contribution < 1.29 is 4.79 Å². The average molecular weight is 192 g/mol. The predicted octanol–water partition coefficient (Wildman–Crippen LogP) is 2.17. The molecule has 3 nitrogen and oxygen atoms in total. The smallest absolute Gasteiger partial charge is 0.140 e. The lowest BCUT2D eigenvalue weighted by Gasteiger charge is -1.98. The van der Waals surface area contributed by atoms with Crippen LogP contribution in [0.1, 0.15) is 38.4 Å². The van der Waals surface area contributed by atoms with Crippen LogP contribution >= 0.6 is 0 Å². The van der Waals surface area contributed by atoms with E-state index in [9.17, 15) is 4.79 Å². The van der Waals surface area contributed by atoms with Gasteiger partial charge in [-0.1, -0.05) is 19.8 Å². The molecule has 0 N–H and O–H groups in total. The third-order valence-electron chi connectivity index (χ3n) is 2.03. The molecule has 0 amide bonds. The fourth-order valence-electron chi connectivity index (χ4n) is 1.26. The Morgan fingerprint density at radius 2 is 2.00 bits per heavy atom. The number of Topliss-reactive ketones (excluding diaryl/α,β-unsaturated/α-hetero) is 1. The van der Waals surface area contributed by atoms with Gasteiger partial charge in [0, 0.05) is 18.8 Å². The molecule has 76 valence electrons. The summed E-state index contributed by atoms with van der Waals surface area (Å²) >= 11 is 0. The van der Waals surface area contributed by atoms with Gasteiger partial charge in [-0.2, -0.15) is 0 Å². The van der Waals surface area contributed by atoms with Crippen molar-refractivity contribution in [3.05, 3.63) is 24.3 Å². The highest BCUT2D eigenvalue weighted by Gasteiger charge is 2.04. The minimum Gasteiger partial charge on any atom is -0.299 e. The van der Waals surface area contributed by atoms with Crippen LogP contribution < -0.4 is 0 Å². The Labute approximate surface area is 84.6 Å². The maximum Gasteiger partial charge on any atom is 0.140 e. The number of unbranched alkanes of at least 4 members (excludes halogenated alkanes) is 2. The number of ketones is 1. The molecule has 1 aromatic heterocycles. The summed E-state index contributed by atoms with van der Waals surface area (Å²) in [6.07, 6.45) is 7.64. The Morgan fingerprint density at radius 1 is 1.29 bits per heavy atom. The third-order valence-corrected chi connectivity index (χ3v) is 2.03. The quantitative estimate of drug-likeness (QED) is 0.649. The maximum atomic E-state index is 11.4. The molecule has 1 heterocycles. The Hall–Kier alpha value is -1.25. The van der Waals surface area contributed by atoms with Gasteiger partial charge in [0.15, 0.2) is 0 Å². The topological polar surface area (TPSA) is 42.9 Å². The van der Waals surface area contributed by atoms with E-state index in [-0.39, 0.29) is 5.78 Å². The Kier molecular flexibility index (Phi) is 4.83. The monoisotopic (exact) mass is 192 g/mol. The van der Waals surface area contributed by atoms with E-state index in [0.717, 1.165) is 19.3 Å². The first kappa shape index (κ1) is 10.8. The van der Waals surface area contributed by atoms with E-state index in [2.05, 4.69) is 16.9 Å². The van der Waals surface area contributed by atoms with Gasteiger partial charge in [-0.3, -0.25) is 4.79 Å². The molecule has 0 aliphatic carbocycles. The molecule has 3 heteroatoms. The number of nitrogens with zero attached hydrogens (tertiary/aromatic N) is 2. The Bertz CT molecular complexity index is 272. The molecule has 0 aliphatic heterocycles. The molecule has 14 heavy (non-hydrogen) atoms. The van der Waals surface area contributed by atoms with Crippen LogP contribution in [0.15, 0.2) is 18.5 Å². The van der Waals surface area contributed by atoms with Crippen molar-refractivity contribution in [2.75, 3.05) is 0 Å². The van der Waals surface area contributed by atoms with Crippen LogP contribution in [0.25, 0.3) is 0 Å². The molecule has 0 spiro atoms. The number of aromatic nitrogens is 2. The summed E-state index contributed by atoms with van der Waals surface area (Å²) in [5.41, 5.74) is 0. The van der Waals surface area contributed by atoms with E-state index in [4.69, 9.17) is 0 Å². The molecule has 0 fully saturated rings. The van der Waals surface area contributed by atoms with E-state index in [0.29, 0.717) is 18.7 Å². The van der Waals surface area contributed by atoms with Crippen LogP contribution in [-0.2, 0) is 11.2 Å². The van der Waals surface area contributed by atoms with Crippen molar-refractivity contribution in [1.29, 1.82) is 0 Å². The first-order chi connectivity index (χ1) is 6.83. The standard InChI is InChI=1S/C11H16N2O/c1-2-3-4-6-10(14)9-11-12-7-5-8-13-11/h5,7-8H,2-4,6,9H2,1H3. The first-order valence-electron chi connectivity index (χ1n) is 5.10. The zero-order chi connectivity index (χ0) is 10.2. The second-order valence-corrected chi connectivity index (χ2v) is 3.34. The van der Waals surface area contributed by atoms with Gasteiger partial charge in [0.25, 0.3) is 0 Å². The zero-order valence-electron chi connectivity index (χ0n) is 8.57. The van der Waals surface area contributed by atoms with Crippen LogP contribution in [0.3, 0.4) is 0 Å². The van der Waals surface area contributed by atoms with Gasteiger partial charge < -0.3 is 0 Å². The summed E-state index contributed by atoms with van der Waals surface area (Å²) in [7, 11) is 0. The molecule has 0 atom stereocenters. The van der Waals surface area contributed by atoms with Crippen molar-refractivity contribution in [3.8, 4) is 0 Å². The molecule has 0 saturated heterocycles. The number of hydrogen-bond donors (Lipinski definition) is 0. The molecule has 1 rings (SSSR count). The van der Waals surface area contributed by atoms with Crippen LogP contribution in [0.4, 0.5) is 0 Å². The zero-order valence-corrected chi connectivity index (χ0v) is 8.57. The minimum absolute atomic E-state index is 0.240. The largest absolute Gasteiger partial charge is 0.299 e. The molecule has 0 aromatic carbocycles. The van der Waals surface area contributed by atoms with Gasteiger partial charge in [-0.25, -0.2) is 9.97 Å². The minimum atomic E-state index is 0.240. The molecular formula is C11H16N2O. The molecule has 1 aromatic rings. The van der Waals surface area contributed by atoms with Crippen molar-refractivity contribution in [3.63, 3.8) is 0 Å². The van der Waals surface area contributed by atoms with Gasteiger partial charge in [-0.15, -0.1) is 0 Å². The highest BCUT2D eigenvalue weighted by Crippen LogP contribution is 2.02. The van der Waals surface area contributed by atoms with Crippen molar-refractivity contribution in [2.24, 2.45) is 0 Å². The van der Waals surface area contributed by atoms with E-state index in [1.165, 1.54) is 0 Å². The van der Waals surface area contributed by atoms with E-state index in [1.54, 1.807) is 18.5 Å². The Balaban J connectivity index is 2.27. The molecule has 0 unspecified atom stereocenters. The Morgan fingerprint density at radius 3 is 2.64 bits per heavy atom. The third kappa shape index (κ3) is 4.12. The van der Waals surface area contributed by atoms with Gasteiger partial charge in [0.1, 0.15) is 11.6 Å². The van der Waals surface area contributed by atoms with Gasteiger partial charge in [0.2, 0.25) is 0 Å². The summed E-state index contributed by atoms with van der Waals surface area (Å²) in [4.78, 5) is 19.4. The second kappa shape index (κ2) is 6.24. The normalized spacial score (nSPS) is 10.1. The SMILES string of the molecule is CCCCCC(=O)Cc1ncccn1. The summed E-state index contributed by atoms with van der Waals surface area (Å²) in [6.45, 7) is 2.13. The first-order valence-corrected chi connectivity index (χ1v) is 5.10. The molecule has 0 saturated carbocycles. The summed E-state index contributed by atoms with van der Waals surface area (Å²) in [6, 6.07) is 1.76. The van der Waals surface area contributed by atoms with E-state index < -0.39 is 0 Å². The van der Waals surface area contributed by atoms with Crippen LogP contribution in [0.2, 0.25) is 0 Å². The fraction of sp³-hybridized carbons (Fsp3) is 0.545. The van der Waals surface area contributed by atoms with Gasteiger partial charge >= 0.3 is 0 Å². The van der Waals surface area contributed by atoms with E-state index in [1.807, 2.05) is 0 Å². The lowest BCUT2D eigenvalue weighted by atomic mass is 10.1. The van der Waals surface area contributed by atoms with Crippen molar-refractivity contribution in [1.82, 2.24) is 9.97 Å². The van der Waals surface area contributed by atoms with Gasteiger partial charge in [0.05, 0.1) is 6.42 Å². The van der Waals surface area contributed by atoms with Crippen LogP contribution in [0.5, 0.6) is 0 Å². The maximum absolute atomic E-state index is 11.4. The number of carbonyl (C=O) groups is 1. The van der Waals surface area contributed by atoms with Gasteiger partial charge in [-0.05, 0) is 12.5 Å². The number of carbonyl (C=O) groups excluding carboxylic acids is 1. The lowest BCUT2D eigenvalue weighted by molar-refractivity contribution is -0.118. The molecule has 0 radical (unpaired) electrons. The average Bonchev–Trinajstić information content (AvgIpc) is 2.20. The molecule has 0 bridgehead atoms. The second-order valence-electron chi connectivity index (χ2n) is 3.34. The van der Waals surface area contributed by atoms with Crippen molar-refractivity contribution >= 4 is 5.78 Å².